The number of allylic oxidation sites excluding steroid dienone is 5. The van der Waals surface area contributed by atoms with Crippen LogP contribution < -0.4 is 5.73 Å². The van der Waals surface area contributed by atoms with E-state index in [1.165, 1.54) is 17.6 Å². The van der Waals surface area contributed by atoms with Crippen molar-refractivity contribution in [1.29, 1.82) is 5.41 Å². The zero-order valence-corrected chi connectivity index (χ0v) is 20.5. The highest BCUT2D eigenvalue weighted by molar-refractivity contribution is 6.13. The van der Waals surface area contributed by atoms with Crippen LogP contribution in [0.3, 0.4) is 0 Å². The van der Waals surface area contributed by atoms with Crippen LogP contribution in [0.1, 0.15) is 76.3 Å². The van der Waals surface area contributed by atoms with E-state index < -0.39 is 0 Å². The summed E-state index contributed by atoms with van der Waals surface area (Å²) in [6.07, 6.45) is 17.6. The Morgan fingerprint density at radius 2 is 1.97 bits per heavy atom. The number of amidine groups is 2. The molecule has 0 aromatic heterocycles. The van der Waals surface area contributed by atoms with Crippen LogP contribution in [0.15, 0.2) is 68.1 Å². The van der Waals surface area contributed by atoms with Crippen LogP contribution in [0.2, 0.25) is 0 Å². The molecule has 1 aromatic rings. The molecule has 0 saturated heterocycles. The van der Waals surface area contributed by atoms with Crippen molar-refractivity contribution in [3.8, 4) is 0 Å². The van der Waals surface area contributed by atoms with Gasteiger partial charge in [0, 0.05) is 16.8 Å². The van der Waals surface area contributed by atoms with Crippen LogP contribution in [-0.4, -0.2) is 24.1 Å². The number of nitrogen functional groups attached to an aromatic ring is 1. The molecule has 0 spiro atoms. The minimum atomic E-state index is 0.306. The molecule has 1 aromatic carbocycles. The van der Waals surface area contributed by atoms with Crippen molar-refractivity contribution in [2.45, 2.75) is 71.6 Å². The van der Waals surface area contributed by atoms with E-state index in [2.05, 4.69) is 67.0 Å². The summed E-state index contributed by atoms with van der Waals surface area (Å²) in [4.78, 5) is 13.6. The zero-order valence-electron chi connectivity index (χ0n) is 20.5. The lowest BCUT2D eigenvalue weighted by molar-refractivity contribution is 0.716. The van der Waals surface area contributed by atoms with Gasteiger partial charge in [0.2, 0.25) is 0 Å². The van der Waals surface area contributed by atoms with Crippen molar-refractivity contribution < 1.29 is 0 Å². The van der Waals surface area contributed by atoms with Crippen LogP contribution in [0.5, 0.6) is 0 Å². The summed E-state index contributed by atoms with van der Waals surface area (Å²) in [7, 11) is 0. The van der Waals surface area contributed by atoms with Gasteiger partial charge in [0.05, 0.1) is 11.4 Å². The Hall–Kier alpha value is -3.34. The van der Waals surface area contributed by atoms with Gasteiger partial charge in [-0.3, -0.25) is 10.4 Å². The summed E-state index contributed by atoms with van der Waals surface area (Å²) in [5.41, 5.74) is 16.1. The van der Waals surface area contributed by atoms with E-state index in [4.69, 9.17) is 16.1 Å². The fourth-order valence-electron chi connectivity index (χ4n) is 4.89. The Balaban J connectivity index is 1.69. The smallest absolute Gasteiger partial charge is 0.160 e. The molecule has 0 bridgehead atoms. The molecule has 1 heterocycles. The molecule has 3 N–H and O–H groups in total. The van der Waals surface area contributed by atoms with Gasteiger partial charge >= 0.3 is 0 Å². The predicted octanol–water partition coefficient (Wildman–Crippen LogP) is 7.32. The van der Waals surface area contributed by atoms with Crippen molar-refractivity contribution in [2.75, 3.05) is 5.73 Å². The fraction of sp³-hybridized carbons (Fsp3) is 0.379. The Labute approximate surface area is 203 Å². The quantitative estimate of drug-likeness (QED) is 0.273. The first kappa shape index (κ1) is 23.8. The lowest BCUT2D eigenvalue weighted by Gasteiger charge is -2.22. The number of anilines is 1. The van der Waals surface area contributed by atoms with E-state index in [0.717, 1.165) is 90.7 Å². The summed E-state index contributed by atoms with van der Waals surface area (Å²) in [5, 5.41) is 8.47. The van der Waals surface area contributed by atoms with Crippen molar-refractivity contribution in [1.82, 2.24) is 0 Å². The van der Waals surface area contributed by atoms with E-state index in [1.54, 1.807) is 0 Å². The molecule has 0 fully saturated rings. The van der Waals surface area contributed by atoms with E-state index in [9.17, 15) is 0 Å². The maximum atomic E-state index is 8.47. The molecule has 4 rings (SSSR count). The average molecular weight is 454 g/mol. The second kappa shape index (κ2) is 10.7. The molecule has 1 aliphatic heterocycles. The maximum absolute atomic E-state index is 8.47. The number of nitrogens with one attached hydrogen (secondary N) is 1. The van der Waals surface area contributed by atoms with Crippen LogP contribution in [0.25, 0.3) is 5.57 Å². The molecule has 3 aliphatic rings. The third-order valence-corrected chi connectivity index (χ3v) is 6.73. The number of benzene rings is 1. The van der Waals surface area contributed by atoms with Gasteiger partial charge in [-0.2, -0.15) is 0 Å². The highest BCUT2D eigenvalue weighted by Gasteiger charge is 2.21. The summed E-state index contributed by atoms with van der Waals surface area (Å²) in [6.45, 7) is 7.97. The SMILES string of the molecule is C=N/C(=N\C(=N)C1=CCCCC1)C1=CCCC(/C(=C/CC)c2ccc3c(c2N)N=C(C)CC3)=C1. The Kier molecular flexibility index (Phi) is 7.51. The second-order valence-corrected chi connectivity index (χ2v) is 9.19. The standard InChI is InChI=1S/C29H35N5/c1-4-9-24(25-17-16-20-15-14-19(2)33-27(20)26(25)30)22-12-8-13-23(18-22)29(32-3)34-28(31)21-10-6-5-7-11-21/h9-10,13,16-18,31H,3-8,11-12,14-15,30H2,1-2H3/b24-9-,31-28?,34-29-. The molecule has 0 amide bonds. The molecule has 0 saturated carbocycles. The lowest BCUT2D eigenvalue weighted by Crippen LogP contribution is -2.10. The number of aliphatic imine (C=N–C) groups is 3. The van der Waals surface area contributed by atoms with E-state index in [-0.39, 0.29) is 0 Å². The lowest BCUT2D eigenvalue weighted by atomic mass is 9.86. The zero-order chi connectivity index (χ0) is 24.1. The van der Waals surface area contributed by atoms with Crippen LogP contribution >= 0.6 is 0 Å². The number of hydrogen-bond acceptors (Lipinski definition) is 3. The van der Waals surface area contributed by atoms with Gasteiger partial charge in [-0.25, -0.2) is 9.98 Å². The van der Waals surface area contributed by atoms with Crippen LogP contribution in [0, 0.1) is 5.41 Å². The first-order chi connectivity index (χ1) is 16.5. The third kappa shape index (κ3) is 5.09. The first-order valence-corrected chi connectivity index (χ1v) is 12.4. The fourth-order valence-corrected chi connectivity index (χ4v) is 4.89. The number of aryl methyl sites for hydroxylation is 1. The summed E-state index contributed by atoms with van der Waals surface area (Å²) in [5.74, 6) is 0.822. The summed E-state index contributed by atoms with van der Waals surface area (Å²) >= 11 is 0. The second-order valence-electron chi connectivity index (χ2n) is 9.19. The third-order valence-electron chi connectivity index (χ3n) is 6.73. The normalized spacial score (nSPS) is 18.9. The molecule has 5 nitrogen and oxygen atoms in total. The molecule has 34 heavy (non-hydrogen) atoms. The van der Waals surface area contributed by atoms with Crippen molar-refractivity contribution >= 4 is 41.0 Å². The number of rotatable bonds is 5. The highest BCUT2D eigenvalue weighted by Crippen LogP contribution is 2.41. The molecular weight excluding hydrogens is 418 g/mol. The molecular formula is C29H35N5. The van der Waals surface area contributed by atoms with E-state index >= 15 is 0 Å². The Bertz CT molecular complexity index is 1190. The monoisotopic (exact) mass is 453 g/mol. The van der Waals surface area contributed by atoms with Crippen LogP contribution in [0.4, 0.5) is 11.4 Å². The van der Waals surface area contributed by atoms with Gasteiger partial charge < -0.3 is 5.73 Å². The van der Waals surface area contributed by atoms with Gasteiger partial charge in [-0.15, -0.1) is 0 Å². The predicted molar refractivity (Wildman–Crippen MR) is 147 cm³/mol. The van der Waals surface area contributed by atoms with Gasteiger partial charge in [-0.05, 0) is 99.8 Å². The van der Waals surface area contributed by atoms with Crippen molar-refractivity contribution in [3.05, 3.63) is 64.3 Å². The number of hydrogen-bond donors (Lipinski definition) is 2. The van der Waals surface area contributed by atoms with Gasteiger partial charge in [0.15, 0.2) is 5.84 Å². The summed E-state index contributed by atoms with van der Waals surface area (Å²) in [6, 6.07) is 4.33. The number of fused-ring (bicyclic) bond motifs is 1. The minimum absolute atomic E-state index is 0.306. The molecule has 176 valence electrons. The maximum Gasteiger partial charge on any atom is 0.160 e. The molecule has 0 atom stereocenters. The average Bonchev–Trinajstić information content (AvgIpc) is 2.87. The minimum Gasteiger partial charge on any atom is -0.396 e. The number of nitrogens with zero attached hydrogens (tertiary/aromatic N) is 3. The molecule has 2 aliphatic carbocycles. The number of nitrogens with two attached hydrogens (primary N) is 1. The molecule has 0 unspecified atom stereocenters. The van der Waals surface area contributed by atoms with Gasteiger partial charge in [0.1, 0.15) is 5.84 Å². The Morgan fingerprint density at radius 3 is 2.71 bits per heavy atom. The topological polar surface area (TPSA) is 87.0 Å². The molecule has 0 radical (unpaired) electrons. The van der Waals surface area contributed by atoms with E-state index in [0.29, 0.717) is 11.7 Å². The van der Waals surface area contributed by atoms with Crippen molar-refractivity contribution in [2.24, 2.45) is 15.0 Å². The summed E-state index contributed by atoms with van der Waals surface area (Å²) < 4.78 is 0. The van der Waals surface area contributed by atoms with E-state index in [1.807, 2.05) is 0 Å². The van der Waals surface area contributed by atoms with Crippen molar-refractivity contribution in [3.63, 3.8) is 0 Å². The van der Waals surface area contributed by atoms with Crippen LogP contribution in [-0.2, 0) is 6.42 Å². The highest BCUT2D eigenvalue weighted by atomic mass is 14.9. The molecule has 5 heteroatoms. The van der Waals surface area contributed by atoms with Gasteiger partial charge in [-0.1, -0.05) is 37.3 Å². The first-order valence-electron chi connectivity index (χ1n) is 12.4. The van der Waals surface area contributed by atoms with Gasteiger partial charge in [0.25, 0.3) is 0 Å². The largest absolute Gasteiger partial charge is 0.396 e. The Morgan fingerprint density at radius 1 is 1.12 bits per heavy atom.